The highest BCUT2D eigenvalue weighted by atomic mass is 19.1. The second-order valence-electron chi connectivity index (χ2n) is 7.28. The standard InChI is InChI=1S/C22H25FN2O/c23-19-11-9-18(10-12-19)21-20-8-4-3-7-17(20)13-16-25(21)22(26)24-14-5-1-2-6-15-24/h3-4,7-12,21H,1-2,5-6,13-16H2/t21-/m0/s1. The molecule has 0 radical (unpaired) electrons. The molecule has 4 rings (SSSR count). The zero-order chi connectivity index (χ0) is 17.9. The number of halogens is 1. The van der Waals surface area contributed by atoms with Crippen molar-refractivity contribution < 1.29 is 9.18 Å². The van der Waals surface area contributed by atoms with E-state index in [9.17, 15) is 9.18 Å². The van der Waals surface area contributed by atoms with Gasteiger partial charge < -0.3 is 9.80 Å². The van der Waals surface area contributed by atoms with Crippen LogP contribution in [-0.4, -0.2) is 35.5 Å². The molecule has 2 heterocycles. The highest BCUT2D eigenvalue weighted by molar-refractivity contribution is 5.76. The molecule has 2 aliphatic heterocycles. The zero-order valence-electron chi connectivity index (χ0n) is 15.0. The van der Waals surface area contributed by atoms with Crippen molar-refractivity contribution in [1.82, 2.24) is 9.80 Å². The quantitative estimate of drug-likeness (QED) is 0.725. The summed E-state index contributed by atoms with van der Waals surface area (Å²) in [7, 11) is 0. The Labute approximate surface area is 154 Å². The molecule has 1 saturated heterocycles. The van der Waals surface area contributed by atoms with Crippen LogP contribution >= 0.6 is 0 Å². The number of carbonyl (C=O) groups is 1. The largest absolute Gasteiger partial charge is 0.325 e. The smallest absolute Gasteiger partial charge is 0.320 e. The van der Waals surface area contributed by atoms with E-state index in [1.54, 1.807) is 0 Å². The topological polar surface area (TPSA) is 23.6 Å². The van der Waals surface area contributed by atoms with Crippen molar-refractivity contribution in [2.24, 2.45) is 0 Å². The molecule has 0 aromatic heterocycles. The van der Waals surface area contributed by atoms with Crippen molar-refractivity contribution in [3.8, 4) is 0 Å². The van der Waals surface area contributed by atoms with Crippen molar-refractivity contribution >= 4 is 6.03 Å². The van der Waals surface area contributed by atoms with Crippen LogP contribution in [-0.2, 0) is 6.42 Å². The van der Waals surface area contributed by atoms with Gasteiger partial charge in [0.25, 0.3) is 0 Å². The fourth-order valence-corrected chi connectivity index (χ4v) is 4.22. The third kappa shape index (κ3) is 3.33. The van der Waals surface area contributed by atoms with Gasteiger partial charge in [-0.05, 0) is 48.1 Å². The summed E-state index contributed by atoms with van der Waals surface area (Å²) in [6, 6.07) is 14.9. The molecule has 136 valence electrons. The van der Waals surface area contributed by atoms with Gasteiger partial charge in [0.1, 0.15) is 5.82 Å². The summed E-state index contributed by atoms with van der Waals surface area (Å²) in [6.45, 7) is 2.38. The first-order chi connectivity index (χ1) is 12.7. The van der Waals surface area contributed by atoms with E-state index in [1.807, 2.05) is 34.1 Å². The molecule has 0 bridgehead atoms. The molecule has 0 spiro atoms. The average molecular weight is 352 g/mol. The number of rotatable bonds is 1. The summed E-state index contributed by atoms with van der Waals surface area (Å²) in [5, 5.41) is 0. The first kappa shape index (κ1) is 17.1. The van der Waals surface area contributed by atoms with Crippen molar-refractivity contribution in [2.75, 3.05) is 19.6 Å². The van der Waals surface area contributed by atoms with Crippen LogP contribution in [0, 0.1) is 5.82 Å². The Bertz CT molecular complexity index is 766. The maximum absolute atomic E-state index is 13.5. The summed E-state index contributed by atoms with van der Waals surface area (Å²) in [4.78, 5) is 17.3. The molecule has 1 fully saturated rings. The number of amides is 2. The average Bonchev–Trinajstić information content (AvgIpc) is 2.97. The van der Waals surface area contributed by atoms with Crippen molar-refractivity contribution in [2.45, 2.75) is 38.1 Å². The minimum Gasteiger partial charge on any atom is -0.325 e. The number of carbonyl (C=O) groups excluding carboxylic acids is 1. The first-order valence-corrected chi connectivity index (χ1v) is 9.63. The van der Waals surface area contributed by atoms with Crippen LogP contribution in [0.3, 0.4) is 0 Å². The van der Waals surface area contributed by atoms with E-state index in [0.717, 1.165) is 43.5 Å². The molecule has 2 aromatic rings. The Morgan fingerprint density at radius 2 is 1.58 bits per heavy atom. The van der Waals surface area contributed by atoms with Gasteiger partial charge in [0.2, 0.25) is 0 Å². The Hall–Kier alpha value is -2.36. The van der Waals surface area contributed by atoms with E-state index < -0.39 is 0 Å². The fourth-order valence-electron chi connectivity index (χ4n) is 4.22. The molecule has 4 heteroatoms. The molecule has 2 aliphatic rings. The van der Waals surface area contributed by atoms with Gasteiger partial charge >= 0.3 is 6.03 Å². The number of hydrogen-bond donors (Lipinski definition) is 0. The molecule has 0 saturated carbocycles. The molecule has 3 nitrogen and oxygen atoms in total. The monoisotopic (exact) mass is 352 g/mol. The summed E-state index contributed by atoms with van der Waals surface area (Å²) in [6.07, 6.45) is 5.43. The van der Waals surface area contributed by atoms with Crippen LogP contribution in [0.5, 0.6) is 0 Å². The van der Waals surface area contributed by atoms with Crippen LogP contribution < -0.4 is 0 Å². The third-order valence-corrected chi connectivity index (χ3v) is 5.59. The van der Waals surface area contributed by atoms with E-state index >= 15 is 0 Å². The lowest BCUT2D eigenvalue weighted by Gasteiger charge is -2.40. The lowest BCUT2D eigenvalue weighted by Crippen LogP contribution is -2.48. The molecule has 2 aromatic carbocycles. The minimum absolute atomic E-state index is 0.121. The maximum Gasteiger partial charge on any atom is 0.320 e. The molecule has 0 unspecified atom stereocenters. The molecule has 26 heavy (non-hydrogen) atoms. The van der Waals surface area contributed by atoms with Crippen LogP contribution in [0.25, 0.3) is 0 Å². The fraction of sp³-hybridized carbons (Fsp3) is 0.409. The van der Waals surface area contributed by atoms with E-state index in [4.69, 9.17) is 0 Å². The number of fused-ring (bicyclic) bond motifs is 1. The SMILES string of the molecule is O=C(N1CCCCCC1)N1CCc2ccccc2[C@@H]1c1ccc(F)cc1. The van der Waals surface area contributed by atoms with Gasteiger partial charge in [0, 0.05) is 19.6 Å². The summed E-state index contributed by atoms with van der Waals surface area (Å²) in [5.74, 6) is -0.247. The predicted molar refractivity (Wildman–Crippen MR) is 101 cm³/mol. The van der Waals surface area contributed by atoms with Crippen molar-refractivity contribution in [1.29, 1.82) is 0 Å². The van der Waals surface area contributed by atoms with Gasteiger partial charge in [-0.25, -0.2) is 9.18 Å². The number of likely N-dealkylation sites (tertiary alicyclic amines) is 1. The van der Waals surface area contributed by atoms with Gasteiger partial charge in [-0.1, -0.05) is 49.2 Å². The predicted octanol–water partition coefficient (Wildman–Crippen LogP) is 4.77. The number of hydrogen-bond acceptors (Lipinski definition) is 1. The molecule has 2 amide bonds. The molecule has 0 aliphatic carbocycles. The minimum atomic E-state index is -0.247. The second-order valence-corrected chi connectivity index (χ2v) is 7.28. The summed E-state index contributed by atoms with van der Waals surface area (Å²) in [5.41, 5.74) is 3.41. The van der Waals surface area contributed by atoms with Crippen LogP contribution in [0.15, 0.2) is 48.5 Å². The van der Waals surface area contributed by atoms with Gasteiger partial charge in [0.15, 0.2) is 0 Å². The van der Waals surface area contributed by atoms with Crippen LogP contribution in [0.2, 0.25) is 0 Å². The normalized spacial score (nSPS) is 20.4. The zero-order valence-corrected chi connectivity index (χ0v) is 15.0. The molecule has 1 atom stereocenters. The lowest BCUT2D eigenvalue weighted by molar-refractivity contribution is 0.138. The number of nitrogens with zero attached hydrogens (tertiary/aromatic N) is 2. The van der Waals surface area contributed by atoms with Gasteiger partial charge in [-0.3, -0.25) is 0 Å². The van der Waals surface area contributed by atoms with Crippen molar-refractivity contribution in [3.63, 3.8) is 0 Å². The van der Waals surface area contributed by atoms with Gasteiger partial charge in [-0.15, -0.1) is 0 Å². The van der Waals surface area contributed by atoms with E-state index in [1.165, 1.54) is 30.5 Å². The molecular weight excluding hydrogens is 327 g/mol. The van der Waals surface area contributed by atoms with E-state index in [0.29, 0.717) is 6.54 Å². The highest BCUT2D eigenvalue weighted by Crippen LogP contribution is 2.36. The Balaban J connectivity index is 1.70. The molecular formula is C22H25FN2O. The Morgan fingerprint density at radius 1 is 0.885 bits per heavy atom. The van der Waals surface area contributed by atoms with Crippen molar-refractivity contribution in [3.05, 3.63) is 71.0 Å². The van der Waals surface area contributed by atoms with E-state index in [2.05, 4.69) is 12.1 Å². The number of benzene rings is 2. The summed E-state index contributed by atoms with van der Waals surface area (Å²) >= 11 is 0. The maximum atomic E-state index is 13.5. The lowest BCUT2D eigenvalue weighted by atomic mass is 9.88. The van der Waals surface area contributed by atoms with Gasteiger partial charge in [0.05, 0.1) is 6.04 Å². The van der Waals surface area contributed by atoms with Crippen LogP contribution in [0.1, 0.15) is 48.4 Å². The molecule has 0 N–H and O–H groups in total. The van der Waals surface area contributed by atoms with E-state index in [-0.39, 0.29) is 17.9 Å². The Kier molecular flexibility index (Phi) is 4.91. The third-order valence-electron chi connectivity index (χ3n) is 5.59. The Morgan fingerprint density at radius 3 is 2.31 bits per heavy atom. The summed E-state index contributed by atoms with van der Waals surface area (Å²) < 4.78 is 13.5. The van der Waals surface area contributed by atoms with Gasteiger partial charge in [-0.2, -0.15) is 0 Å². The number of urea groups is 1. The highest BCUT2D eigenvalue weighted by Gasteiger charge is 2.34. The van der Waals surface area contributed by atoms with Crippen LogP contribution in [0.4, 0.5) is 9.18 Å². The first-order valence-electron chi connectivity index (χ1n) is 9.63. The second kappa shape index (κ2) is 7.48.